The van der Waals surface area contributed by atoms with Gasteiger partial charge in [-0.05, 0) is 13.0 Å². The Morgan fingerprint density at radius 1 is 1.79 bits per heavy atom. The number of pyridine rings is 1. The highest BCUT2D eigenvalue weighted by Gasteiger charge is 2.29. The topological polar surface area (TPSA) is 76.2 Å². The SMILES string of the molecule is CC(N)(Cc1cccnc1F)C(=O)O. The number of carbonyl (C=O) groups is 1. The van der Waals surface area contributed by atoms with E-state index >= 15 is 0 Å². The number of nitrogens with zero attached hydrogens (tertiary/aromatic N) is 1. The van der Waals surface area contributed by atoms with E-state index in [0.29, 0.717) is 0 Å². The second-order valence-electron chi connectivity index (χ2n) is 3.35. The molecule has 4 nitrogen and oxygen atoms in total. The van der Waals surface area contributed by atoms with Gasteiger partial charge in [-0.15, -0.1) is 0 Å². The minimum Gasteiger partial charge on any atom is -0.480 e. The smallest absolute Gasteiger partial charge is 0.323 e. The van der Waals surface area contributed by atoms with E-state index in [0.717, 1.165) is 0 Å². The first-order valence-corrected chi connectivity index (χ1v) is 4.05. The molecule has 0 aliphatic carbocycles. The van der Waals surface area contributed by atoms with Gasteiger partial charge in [0.2, 0.25) is 5.95 Å². The van der Waals surface area contributed by atoms with Gasteiger partial charge < -0.3 is 10.8 Å². The molecule has 1 atom stereocenters. The lowest BCUT2D eigenvalue weighted by atomic mass is 9.95. The Bertz CT molecular complexity index is 352. The van der Waals surface area contributed by atoms with Gasteiger partial charge in [-0.2, -0.15) is 4.39 Å². The van der Waals surface area contributed by atoms with Crippen molar-refractivity contribution in [2.24, 2.45) is 5.73 Å². The van der Waals surface area contributed by atoms with Crippen molar-refractivity contribution in [3.8, 4) is 0 Å². The molecule has 0 saturated heterocycles. The van der Waals surface area contributed by atoms with Crippen LogP contribution in [0.15, 0.2) is 18.3 Å². The monoisotopic (exact) mass is 198 g/mol. The lowest BCUT2D eigenvalue weighted by Crippen LogP contribution is -2.47. The molecule has 0 bridgehead atoms. The van der Waals surface area contributed by atoms with Crippen molar-refractivity contribution < 1.29 is 14.3 Å². The number of carboxylic acids is 1. The molecule has 76 valence electrons. The second-order valence-corrected chi connectivity index (χ2v) is 3.35. The Morgan fingerprint density at radius 3 is 2.93 bits per heavy atom. The fraction of sp³-hybridized carbons (Fsp3) is 0.333. The summed E-state index contributed by atoms with van der Waals surface area (Å²) in [6.07, 6.45) is 1.22. The molecular formula is C9H11FN2O2. The van der Waals surface area contributed by atoms with Crippen LogP contribution in [0.4, 0.5) is 4.39 Å². The zero-order chi connectivity index (χ0) is 10.8. The molecule has 1 unspecified atom stereocenters. The number of hydrogen-bond donors (Lipinski definition) is 2. The van der Waals surface area contributed by atoms with Gasteiger partial charge >= 0.3 is 5.97 Å². The van der Waals surface area contributed by atoms with Crippen LogP contribution in [0.2, 0.25) is 0 Å². The predicted octanol–water partition coefficient (Wildman–Crippen LogP) is 0.565. The minimum absolute atomic E-state index is 0.0813. The van der Waals surface area contributed by atoms with Gasteiger partial charge in [-0.1, -0.05) is 6.07 Å². The summed E-state index contributed by atoms with van der Waals surface area (Å²) < 4.78 is 13.0. The van der Waals surface area contributed by atoms with Crippen molar-refractivity contribution in [3.63, 3.8) is 0 Å². The summed E-state index contributed by atoms with van der Waals surface area (Å²) in [5.41, 5.74) is 4.21. The Labute approximate surface area is 80.6 Å². The fourth-order valence-corrected chi connectivity index (χ4v) is 1.02. The van der Waals surface area contributed by atoms with Gasteiger partial charge in [0, 0.05) is 18.2 Å². The molecule has 0 saturated carbocycles. The first-order chi connectivity index (χ1) is 6.43. The van der Waals surface area contributed by atoms with Crippen molar-refractivity contribution in [3.05, 3.63) is 29.8 Å². The highest BCUT2D eigenvalue weighted by Crippen LogP contribution is 2.12. The average Bonchev–Trinajstić information content (AvgIpc) is 2.08. The number of carboxylic acid groups (broad SMARTS) is 1. The Morgan fingerprint density at radius 2 is 2.43 bits per heavy atom. The molecule has 0 spiro atoms. The van der Waals surface area contributed by atoms with Gasteiger partial charge in [0.05, 0.1) is 0 Å². The minimum atomic E-state index is -1.47. The highest BCUT2D eigenvalue weighted by atomic mass is 19.1. The number of aromatic nitrogens is 1. The summed E-state index contributed by atoms with van der Waals surface area (Å²) in [4.78, 5) is 14.1. The summed E-state index contributed by atoms with van der Waals surface area (Å²) in [6.45, 7) is 1.34. The molecule has 1 aromatic rings. The number of nitrogens with two attached hydrogens (primary N) is 1. The van der Waals surface area contributed by atoms with Gasteiger partial charge in [-0.3, -0.25) is 4.79 Å². The van der Waals surface area contributed by atoms with E-state index in [1.807, 2.05) is 0 Å². The normalized spacial score (nSPS) is 14.8. The maximum Gasteiger partial charge on any atom is 0.323 e. The molecule has 0 radical (unpaired) electrons. The summed E-state index contributed by atoms with van der Waals surface area (Å²) in [5, 5.41) is 8.73. The van der Waals surface area contributed by atoms with Crippen molar-refractivity contribution in [1.82, 2.24) is 4.98 Å². The van der Waals surface area contributed by atoms with Gasteiger partial charge in [0.15, 0.2) is 0 Å². The fourth-order valence-electron chi connectivity index (χ4n) is 1.02. The summed E-state index contributed by atoms with van der Waals surface area (Å²) in [6, 6.07) is 3.01. The third-order valence-electron chi connectivity index (χ3n) is 1.88. The third-order valence-corrected chi connectivity index (χ3v) is 1.88. The Kier molecular flexibility index (Phi) is 2.81. The van der Waals surface area contributed by atoms with Crippen LogP contribution in [0, 0.1) is 5.95 Å². The lowest BCUT2D eigenvalue weighted by molar-refractivity contribution is -0.142. The molecule has 0 aromatic carbocycles. The van der Waals surface area contributed by atoms with E-state index in [9.17, 15) is 9.18 Å². The Balaban J connectivity index is 2.89. The van der Waals surface area contributed by atoms with Gasteiger partial charge in [0.25, 0.3) is 0 Å². The van der Waals surface area contributed by atoms with E-state index in [-0.39, 0.29) is 12.0 Å². The van der Waals surface area contributed by atoms with Crippen LogP contribution in [-0.2, 0) is 11.2 Å². The van der Waals surface area contributed by atoms with Crippen molar-refractivity contribution in [1.29, 1.82) is 0 Å². The summed E-state index contributed by atoms with van der Waals surface area (Å²) >= 11 is 0. The molecule has 14 heavy (non-hydrogen) atoms. The molecule has 1 heterocycles. The van der Waals surface area contributed by atoms with Gasteiger partial charge in [0.1, 0.15) is 5.54 Å². The molecule has 5 heteroatoms. The summed E-state index contributed by atoms with van der Waals surface area (Å²) in [7, 11) is 0. The Hall–Kier alpha value is -1.49. The first kappa shape index (κ1) is 10.6. The quantitative estimate of drug-likeness (QED) is 0.696. The van der Waals surface area contributed by atoms with Crippen LogP contribution in [0.25, 0.3) is 0 Å². The van der Waals surface area contributed by atoms with Crippen LogP contribution in [-0.4, -0.2) is 21.6 Å². The van der Waals surface area contributed by atoms with E-state index in [1.165, 1.54) is 25.3 Å². The molecule has 0 fully saturated rings. The van der Waals surface area contributed by atoms with Crippen molar-refractivity contribution >= 4 is 5.97 Å². The molecule has 3 N–H and O–H groups in total. The third kappa shape index (κ3) is 2.26. The molecule has 0 amide bonds. The van der Waals surface area contributed by atoms with Crippen molar-refractivity contribution in [2.45, 2.75) is 18.9 Å². The number of rotatable bonds is 3. The predicted molar refractivity (Wildman–Crippen MR) is 48.1 cm³/mol. The summed E-state index contributed by atoms with van der Waals surface area (Å²) in [5.74, 6) is -1.84. The van der Waals surface area contributed by atoms with Crippen LogP contribution >= 0.6 is 0 Å². The lowest BCUT2D eigenvalue weighted by Gasteiger charge is -2.18. The van der Waals surface area contributed by atoms with E-state index in [2.05, 4.69) is 4.98 Å². The van der Waals surface area contributed by atoms with Gasteiger partial charge in [-0.25, -0.2) is 4.98 Å². The number of hydrogen-bond acceptors (Lipinski definition) is 3. The second kappa shape index (κ2) is 3.71. The van der Waals surface area contributed by atoms with Crippen LogP contribution in [0.3, 0.4) is 0 Å². The maximum atomic E-state index is 13.0. The maximum absolute atomic E-state index is 13.0. The van der Waals surface area contributed by atoms with Crippen LogP contribution in [0.1, 0.15) is 12.5 Å². The molecule has 1 aromatic heterocycles. The van der Waals surface area contributed by atoms with E-state index in [4.69, 9.17) is 10.8 Å². The zero-order valence-electron chi connectivity index (χ0n) is 7.70. The number of halogens is 1. The highest BCUT2D eigenvalue weighted by molar-refractivity contribution is 5.78. The van der Waals surface area contributed by atoms with E-state index < -0.39 is 17.5 Å². The number of aliphatic carboxylic acids is 1. The standard InChI is InChI=1S/C9H11FN2O2/c1-9(11,8(13)14)5-6-3-2-4-12-7(6)10/h2-4H,5,11H2,1H3,(H,13,14). The largest absolute Gasteiger partial charge is 0.480 e. The van der Waals surface area contributed by atoms with Crippen LogP contribution < -0.4 is 5.73 Å². The average molecular weight is 198 g/mol. The van der Waals surface area contributed by atoms with E-state index in [1.54, 1.807) is 0 Å². The molecular weight excluding hydrogens is 187 g/mol. The molecule has 0 aliphatic heterocycles. The molecule has 1 rings (SSSR count). The molecule has 0 aliphatic rings. The van der Waals surface area contributed by atoms with Crippen molar-refractivity contribution in [2.75, 3.05) is 0 Å². The zero-order valence-corrected chi connectivity index (χ0v) is 7.70. The first-order valence-electron chi connectivity index (χ1n) is 4.05. The van der Waals surface area contributed by atoms with Crippen LogP contribution in [0.5, 0.6) is 0 Å².